The first-order valence-electron chi connectivity index (χ1n) is 3.70. The van der Waals surface area contributed by atoms with Crippen molar-refractivity contribution in [2.75, 3.05) is 0 Å². The smallest absolute Gasteiger partial charge is 0.179 e. The Bertz CT molecular complexity index is 294. The molecule has 0 heterocycles. The molecule has 0 bridgehead atoms. The fourth-order valence-corrected chi connectivity index (χ4v) is 0.922. The Morgan fingerprint density at radius 3 is 2.75 bits per heavy atom. The van der Waals surface area contributed by atoms with Gasteiger partial charge in [0.15, 0.2) is 5.78 Å². The van der Waals surface area contributed by atoms with E-state index < -0.39 is 6.04 Å². The molecule has 0 aliphatic heterocycles. The van der Waals surface area contributed by atoms with Crippen LogP contribution in [0.1, 0.15) is 17.3 Å². The van der Waals surface area contributed by atoms with Crippen LogP contribution in [-0.4, -0.2) is 16.9 Å². The van der Waals surface area contributed by atoms with Crippen LogP contribution in [0.25, 0.3) is 0 Å². The molecule has 1 rings (SSSR count). The third-order valence-corrected chi connectivity index (χ3v) is 1.54. The van der Waals surface area contributed by atoms with Gasteiger partial charge in [0.25, 0.3) is 0 Å². The Hall–Kier alpha value is -1.35. The summed E-state index contributed by atoms with van der Waals surface area (Å²) in [7, 11) is 0. The normalized spacial score (nSPS) is 12.5. The van der Waals surface area contributed by atoms with E-state index in [0.29, 0.717) is 5.56 Å². The molecule has 0 saturated heterocycles. The highest BCUT2D eigenvalue weighted by atomic mass is 16.3. The van der Waals surface area contributed by atoms with E-state index >= 15 is 0 Å². The summed E-state index contributed by atoms with van der Waals surface area (Å²) >= 11 is 0. The maximum Gasteiger partial charge on any atom is 0.179 e. The second kappa shape index (κ2) is 3.36. The summed E-state index contributed by atoms with van der Waals surface area (Å²) in [5.41, 5.74) is 5.84. The van der Waals surface area contributed by atoms with Gasteiger partial charge in [-0.2, -0.15) is 0 Å². The van der Waals surface area contributed by atoms with Crippen molar-refractivity contribution in [2.24, 2.45) is 5.73 Å². The number of rotatable bonds is 2. The highest BCUT2D eigenvalue weighted by molar-refractivity contribution is 5.99. The minimum Gasteiger partial charge on any atom is -0.508 e. The summed E-state index contributed by atoms with van der Waals surface area (Å²) in [5, 5.41) is 9.05. The lowest BCUT2D eigenvalue weighted by atomic mass is 10.1. The molecule has 0 aliphatic rings. The van der Waals surface area contributed by atoms with Crippen molar-refractivity contribution < 1.29 is 9.90 Å². The summed E-state index contributed by atoms with van der Waals surface area (Å²) in [4.78, 5) is 11.3. The maximum absolute atomic E-state index is 11.3. The van der Waals surface area contributed by atoms with Crippen molar-refractivity contribution in [3.63, 3.8) is 0 Å². The molecule has 1 aromatic carbocycles. The van der Waals surface area contributed by atoms with E-state index in [9.17, 15) is 4.79 Å². The predicted octanol–water partition coefficient (Wildman–Crippen LogP) is 0.922. The first-order chi connectivity index (χ1) is 5.61. The van der Waals surface area contributed by atoms with Crippen LogP contribution in [0.5, 0.6) is 5.75 Å². The summed E-state index contributed by atoms with van der Waals surface area (Å²) in [6.07, 6.45) is 0. The van der Waals surface area contributed by atoms with Crippen molar-refractivity contribution >= 4 is 5.78 Å². The Kier molecular flexibility index (Phi) is 2.45. The lowest BCUT2D eigenvalue weighted by Gasteiger charge is -2.03. The molecule has 0 spiro atoms. The highest BCUT2D eigenvalue weighted by Crippen LogP contribution is 2.11. The van der Waals surface area contributed by atoms with Gasteiger partial charge in [-0.25, -0.2) is 0 Å². The molecule has 0 aliphatic carbocycles. The van der Waals surface area contributed by atoms with Crippen molar-refractivity contribution in [1.29, 1.82) is 0 Å². The molecule has 12 heavy (non-hydrogen) atoms. The van der Waals surface area contributed by atoms with Gasteiger partial charge in [0, 0.05) is 5.56 Å². The Morgan fingerprint density at radius 2 is 2.25 bits per heavy atom. The predicted molar refractivity (Wildman–Crippen MR) is 46.1 cm³/mol. The number of carbonyl (C=O) groups is 1. The van der Waals surface area contributed by atoms with Crippen LogP contribution in [0.3, 0.4) is 0 Å². The van der Waals surface area contributed by atoms with Crippen molar-refractivity contribution in [3.8, 4) is 5.75 Å². The average Bonchev–Trinajstić information content (AvgIpc) is 2.03. The monoisotopic (exact) mass is 165 g/mol. The molecular formula is C9H11NO2. The molecule has 0 radical (unpaired) electrons. The van der Waals surface area contributed by atoms with Gasteiger partial charge in [0.2, 0.25) is 0 Å². The number of aromatic hydroxyl groups is 1. The molecule has 64 valence electrons. The van der Waals surface area contributed by atoms with Crippen LogP contribution in [0.4, 0.5) is 0 Å². The van der Waals surface area contributed by atoms with Crippen LogP contribution >= 0.6 is 0 Å². The van der Waals surface area contributed by atoms with E-state index in [1.165, 1.54) is 12.1 Å². The van der Waals surface area contributed by atoms with Crippen LogP contribution in [0.15, 0.2) is 24.3 Å². The quantitative estimate of drug-likeness (QED) is 0.640. The number of phenolic OH excluding ortho intramolecular Hbond substituents is 1. The number of ketones is 1. The number of carbonyl (C=O) groups excluding carboxylic acids is 1. The van der Waals surface area contributed by atoms with Crippen LogP contribution in [0, 0.1) is 0 Å². The molecule has 0 unspecified atom stereocenters. The highest BCUT2D eigenvalue weighted by Gasteiger charge is 2.10. The van der Waals surface area contributed by atoms with Gasteiger partial charge in [-0.1, -0.05) is 12.1 Å². The topological polar surface area (TPSA) is 63.3 Å². The first-order valence-corrected chi connectivity index (χ1v) is 3.70. The zero-order valence-electron chi connectivity index (χ0n) is 6.82. The Balaban J connectivity index is 2.96. The minimum atomic E-state index is -0.521. The van der Waals surface area contributed by atoms with Gasteiger partial charge >= 0.3 is 0 Å². The standard InChI is InChI=1S/C9H11NO2/c1-6(10)9(12)7-3-2-4-8(11)5-7/h2-6,11H,10H2,1H3/t6-/m0/s1. The number of nitrogens with two attached hydrogens (primary N) is 1. The first kappa shape index (κ1) is 8.74. The van der Waals surface area contributed by atoms with Crippen molar-refractivity contribution in [1.82, 2.24) is 0 Å². The fraction of sp³-hybridized carbons (Fsp3) is 0.222. The molecule has 0 aromatic heterocycles. The van der Waals surface area contributed by atoms with E-state index in [0.717, 1.165) is 0 Å². The number of phenols is 1. The van der Waals surface area contributed by atoms with E-state index in [1.807, 2.05) is 0 Å². The molecular weight excluding hydrogens is 154 g/mol. The fourth-order valence-electron chi connectivity index (χ4n) is 0.922. The third kappa shape index (κ3) is 1.83. The Labute approximate surface area is 70.8 Å². The van der Waals surface area contributed by atoms with Crippen molar-refractivity contribution in [2.45, 2.75) is 13.0 Å². The third-order valence-electron chi connectivity index (χ3n) is 1.54. The lowest BCUT2D eigenvalue weighted by Crippen LogP contribution is -2.26. The van der Waals surface area contributed by atoms with Gasteiger partial charge in [-0.05, 0) is 19.1 Å². The molecule has 3 N–H and O–H groups in total. The summed E-state index contributed by atoms with van der Waals surface area (Å²) in [6.45, 7) is 1.62. The van der Waals surface area contributed by atoms with Crippen LogP contribution in [-0.2, 0) is 0 Å². The number of benzene rings is 1. The van der Waals surface area contributed by atoms with Gasteiger partial charge in [-0.15, -0.1) is 0 Å². The zero-order chi connectivity index (χ0) is 9.14. The largest absolute Gasteiger partial charge is 0.508 e. The number of hydrogen-bond donors (Lipinski definition) is 2. The summed E-state index contributed by atoms with van der Waals surface area (Å²) in [5.74, 6) is -0.0765. The van der Waals surface area contributed by atoms with Crippen molar-refractivity contribution in [3.05, 3.63) is 29.8 Å². The summed E-state index contributed by atoms with van der Waals surface area (Å²) in [6, 6.07) is 5.65. The van der Waals surface area contributed by atoms with E-state index in [2.05, 4.69) is 0 Å². The Morgan fingerprint density at radius 1 is 1.58 bits per heavy atom. The molecule has 3 heteroatoms. The van der Waals surface area contributed by atoms with Gasteiger partial charge < -0.3 is 10.8 Å². The second-order valence-corrected chi connectivity index (χ2v) is 2.70. The average molecular weight is 165 g/mol. The number of Topliss-reactive ketones (excluding diaryl/α,β-unsaturated/α-hetero) is 1. The molecule has 3 nitrogen and oxygen atoms in total. The minimum absolute atomic E-state index is 0.0847. The van der Waals surface area contributed by atoms with Gasteiger partial charge in [0.1, 0.15) is 5.75 Å². The second-order valence-electron chi connectivity index (χ2n) is 2.70. The van der Waals surface area contributed by atoms with Crippen LogP contribution < -0.4 is 5.73 Å². The number of hydrogen-bond acceptors (Lipinski definition) is 3. The van der Waals surface area contributed by atoms with Gasteiger partial charge in [-0.3, -0.25) is 4.79 Å². The van der Waals surface area contributed by atoms with Crippen LogP contribution in [0.2, 0.25) is 0 Å². The molecule has 0 amide bonds. The van der Waals surface area contributed by atoms with E-state index in [-0.39, 0.29) is 11.5 Å². The molecule has 0 saturated carbocycles. The molecule has 0 fully saturated rings. The lowest BCUT2D eigenvalue weighted by molar-refractivity contribution is 0.0967. The zero-order valence-corrected chi connectivity index (χ0v) is 6.82. The maximum atomic E-state index is 11.3. The van der Waals surface area contributed by atoms with E-state index in [1.54, 1.807) is 19.1 Å². The summed E-state index contributed by atoms with van der Waals surface area (Å²) < 4.78 is 0. The molecule has 1 aromatic rings. The molecule has 1 atom stereocenters. The SMILES string of the molecule is C[C@H](N)C(=O)c1cccc(O)c1. The van der Waals surface area contributed by atoms with Gasteiger partial charge in [0.05, 0.1) is 6.04 Å². The van der Waals surface area contributed by atoms with E-state index in [4.69, 9.17) is 10.8 Å².